The van der Waals surface area contributed by atoms with Crippen molar-refractivity contribution in [1.29, 1.82) is 0 Å². The number of nitrogens with zero attached hydrogens (tertiary/aromatic N) is 2. The van der Waals surface area contributed by atoms with E-state index in [9.17, 15) is 0 Å². The molecule has 90 valence electrons. The van der Waals surface area contributed by atoms with Gasteiger partial charge in [0.1, 0.15) is 11.4 Å². The van der Waals surface area contributed by atoms with Crippen LogP contribution in [0.1, 0.15) is 0 Å². The van der Waals surface area contributed by atoms with E-state index in [4.69, 9.17) is 14.9 Å². The Bertz CT molecular complexity index is 511. The van der Waals surface area contributed by atoms with E-state index in [0.29, 0.717) is 19.8 Å². The van der Waals surface area contributed by atoms with E-state index >= 15 is 0 Å². The zero-order valence-corrected chi connectivity index (χ0v) is 9.50. The number of rotatable bonds is 2. The van der Waals surface area contributed by atoms with Crippen molar-refractivity contribution in [2.24, 2.45) is 5.73 Å². The molecular formula is C12H15N3O2. The molecule has 0 aromatic carbocycles. The number of morpholine rings is 1. The first-order valence-electron chi connectivity index (χ1n) is 5.77. The molecule has 0 radical (unpaired) electrons. The summed E-state index contributed by atoms with van der Waals surface area (Å²) in [5.41, 5.74) is 6.64. The zero-order chi connectivity index (χ0) is 11.7. The summed E-state index contributed by atoms with van der Waals surface area (Å²) in [7, 11) is 0. The first-order chi connectivity index (χ1) is 8.40. The molecule has 1 atom stereocenters. The highest BCUT2D eigenvalue weighted by Crippen LogP contribution is 2.27. The third-order valence-electron chi connectivity index (χ3n) is 3.13. The smallest absolute Gasteiger partial charge is 0.140 e. The number of hydrogen-bond acceptors (Lipinski definition) is 5. The minimum absolute atomic E-state index is 0.191. The van der Waals surface area contributed by atoms with Gasteiger partial charge < -0.3 is 19.8 Å². The van der Waals surface area contributed by atoms with E-state index in [1.54, 1.807) is 12.5 Å². The molecule has 2 aromatic rings. The highest BCUT2D eigenvalue weighted by atomic mass is 16.5. The summed E-state index contributed by atoms with van der Waals surface area (Å²) in [6.45, 7) is 2.76. The largest absolute Gasteiger partial charge is 0.464 e. The lowest BCUT2D eigenvalue weighted by Gasteiger charge is -2.35. The molecule has 1 aliphatic rings. The lowest BCUT2D eigenvalue weighted by atomic mass is 10.2. The van der Waals surface area contributed by atoms with Gasteiger partial charge in [-0.1, -0.05) is 0 Å². The number of furan rings is 1. The van der Waals surface area contributed by atoms with Crippen molar-refractivity contribution >= 4 is 16.8 Å². The molecular weight excluding hydrogens is 218 g/mol. The Labute approximate surface area is 99.2 Å². The summed E-state index contributed by atoms with van der Waals surface area (Å²) >= 11 is 0. The number of aromatic nitrogens is 1. The monoisotopic (exact) mass is 233 g/mol. The lowest BCUT2D eigenvalue weighted by molar-refractivity contribution is 0.0960. The van der Waals surface area contributed by atoms with Gasteiger partial charge >= 0.3 is 0 Å². The molecule has 0 bridgehead atoms. The first-order valence-corrected chi connectivity index (χ1v) is 5.77. The van der Waals surface area contributed by atoms with Crippen LogP contribution in [0.2, 0.25) is 0 Å². The van der Waals surface area contributed by atoms with Gasteiger partial charge in [-0.3, -0.25) is 0 Å². The molecule has 3 heterocycles. The van der Waals surface area contributed by atoms with Gasteiger partial charge in [0.05, 0.1) is 30.9 Å². The number of fused-ring (bicyclic) bond motifs is 1. The normalized spacial score (nSPS) is 21.0. The van der Waals surface area contributed by atoms with E-state index < -0.39 is 0 Å². The van der Waals surface area contributed by atoms with Crippen LogP contribution < -0.4 is 10.6 Å². The number of nitrogens with two attached hydrogens (primary N) is 1. The molecule has 0 spiro atoms. The van der Waals surface area contributed by atoms with Gasteiger partial charge in [0.2, 0.25) is 0 Å². The van der Waals surface area contributed by atoms with Gasteiger partial charge in [-0.05, 0) is 12.1 Å². The van der Waals surface area contributed by atoms with Crippen LogP contribution in [0.3, 0.4) is 0 Å². The molecule has 5 heteroatoms. The van der Waals surface area contributed by atoms with Crippen molar-refractivity contribution < 1.29 is 9.15 Å². The van der Waals surface area contributed by atoms with Gasteiger partial charge in [0, 0.05) is 19.3 Å². The Morgan fingerprint density at radius 3 is 3.29 bits per heavy atom. The highest BCUT2D eigenvalue weighted by molar-refractivity contribution is 5.88. The van der Waals surface area contributed by atoms with Gasteiger partial charge in [-0.15, -0.1) is 0 Å². The van der Waals surface area contributed by atoms with Crippen LogP contribution in [0.25, 0.3) is 11.0 Å². The predicted molar refractivity (Wildman–Crippen MR) is 65.0 cm³/mol. The summed E-state index contributed by atoms with van der Waals surface area (Å²) in [6, 6.07) is 4.01. The summed E-state index contributed by atoms with van der Waals surface area (Å²) in [6.07, 6.45) is 3.46. The second kappa shape index (κ2) is 4.35. The van der Waals surface area contributed by atoms with Crippen molar-refractivity contribution in [2.75, 3.05) is 31.2 Å². The van der Waals surface area contributed by atoms with E-state index in [2.05, 4.69) is 9.88 Å². The van der Waals surface area contributed by atoms with Gasteiger partial charge in [-0.2, -0.15) is 0 Å². The van der Waals surface area contributed by atoms with Gasteiger partial charge in [-0.25, -0.2) is 4.98 Å². The second-order valence-electron chi connectivity index (χ2n) is 4.12. The van der Waals surface area contributed by atoms with Crippen molar-refractivity contribution in [1.82, 2.24) is 4.98 Å². The molecule has 0 amide bonds. The SMILES string of the molecule is NCC1COCCN1c1nccc2occc12. The maximum Gasteiger partial charge on any atom is 0.140 e. The molecule has 2 N–H and O–H groups in total. The molecule has 1 fully saturated rings. The van der Waals surface area contributed by atoms with Crippen LogP contribution in [0.4, 0.5) is 5.82 Å². The van der Waals surface area contributed by atoms with E-state index in [1.807, 2.05) is 12.1 Å². The summed E-state index contributed by atoms with van der Waals surface area (Å²) in [5, 5.41) is 1.04. The lowest BCUT2D eigenvalue weighted by Crippen LogP contribution is -2.49. The van der Waals surface area contributed by atoms with Crippen LogP contribution in [0, 0.1) is 0 Å². The van der Waals surface area contributed by atoms with Gasteiger partial charge in [0.25, 0.3) is 0 Å². The van der Waals surface area contributed by atoms with Crippen LogP contribution in [-0.2, 0) is 4.74 Å². The summed E-state index contributed by atoms with van der Waals surface area (Å²) in [4.78, 5) is 6.67. The summed E-state index contributed by atoms with van der Waals surface area (Å²) < 4.78 is 10.8. The summed E-state index contributed by atoms with van der Waals surface area (Å²) in [5.74, 6) is 0.940. The van der Waals surface area contributed by atoms with Crippen molar-refractivity contribution in [3.63, 3.8) is 0 Å². The molecule has 17 heavy (non-hydrogen) atoms. The number of ether oxygens (including phenoxy) is 1. The Kier molecular flexibility index (Phi) is 2.70. The first kappa shape index (κ1) is 10.6. The fourth-order valence-corrected chi connectivity index (χ4v) is 2.24. The third-order valence-corrected chi connectivity index (χ3v) is 3.13. The molecule has 0 aliphatic carbocycles. The Balaban J connectivity index is 2.04. The van der Waals surface area contributed by atoms with E-state index in [0.717, 1.165) is 23.3 Å². The average Bonchev–Trinajstić information content (AvgIpc) is 2.86. The molecule has 1 aliphatic heterocycles. The topological polar surface area (TPSA) is 64.5 Å². The molecule has 1 saturated heterocycles. The van der Waals surface area contributed by atoms with E-state index in [1.165, 1.54) is 0 Å². The molecule has 0 saturated carbocycles. The van der Waals surface area contributed by atoms with E-state index in [-0.39, 0.29) is 6.04 Å². The zero-order valence-electron chi connectivity index (χ0n) is 9.50. The predicted octanol–water partition coefficient (Wildman–Crippen LogP) is 0.992. The molecule has 2 aromatic heterocycles. The minimum Gasteiger partial charge on any atom is -0.464 e. The number of anilines is 1. The van der Waals surface area contributed by atoms with Crippen molar-refractivity contribution in [2.45, 2.75) is 6.04 Å². The van der Waals surface area contributed by atoms with Crippen LogP contribution >= 0.6 is 0 Å². The van der Waals surface area contributed by atoms with Crippen LogP contribution in [-0.4, -0.2) is 37.3 Å². The van der Waals surface area contributed by atoms with Crippen LogP contribution in [0.15, 0.2) is 29.0 Å². The quantitative estimate of drug-likeness (QED) is 0.838. The second-order valence-corrected chi connectivity index (χ2v) is 4.12. The van der Waals surface area contributed by atoms with Crippen LogP contribution in [0.5, 0.6) is 0 Å². The fourth-order valence-electron chi connectivity index (χ4n) is 2.24. The van der Waals surface area contributed by atoms with Crippen molar-refractivity contribution in [3.05, 3.63) is 24.6 Å². The standard InChI is InChI=1S/C12H15N3O2/c13-7-9-8-16-6-4-15(9)12-10-2-5-17-11(10)1-3-14-12/h1-3,5,9H,4,6-8,13H2. The fraction of sp³-hybridized carbons (Fsp3) is 0.417. The number of pyridine rings is 1. The highest BCUT2D eigenvalue weighted by Gasteiger charge is 2.24. The Morgan fingerprint density at radius 1 is 1.47 bits per heavy atom. The Hall–Kier alpha value is -1.59. The van der Waals surface area contributed by atoms with Crippen molar-refractivity contribution in [3.8, 4) is 0 Å². The molecule has 3 rings (SSSR count). The maximum atomic E-state index is 5.78. The number of hydrogen-bond donors (Lipinski definition) is 1. The maximum absolute atomic E-state index is 5.78. The minimum atomic E-state index is 0.191. The van der Waals surface area contributed by atoms with Gasteiger partial charge in [0.15, 0.2) is 0 Å². The Morgan fingerprint density at radius 2 is 2.41 bits per heavy atom. The molecule has 1 unspecified atom stereocenters. The third kappa shape index (κ3) is 1.77. The average molecular weight is 233 g/mol. The molecule has 5 nitrogen and oxygen atoms in total.